The maximum absolute atomic E-state index is 2.51. The summed E-state index contributed by atoms with van der Waals surface area (Å²) in [6.07, 6.45) is 0. The standard InChI is InChI=1S/C72H47N/c1-3-20-52(21-4-1)71(53-22-5-2-6-23-53)65-30-13-9-27-61(65)63-44-42-55(46-69(63)71)73(54-40-38-49(39-41-54)48-34-36-51(37-35-48)58-29-17-19-50-18-7-8-24-57(50)58)56-43-45-64-62-28-12-16-33-68(62)72(70(64)47-56)66-31-14-10-25-59(66)60-26-11-15-32-67(60)72/h1-47H. The quantitative estimate of drug-likeness (QED) is 0.154. The summed E-state index contributed by atoms with van der Waals surface area (Å²) in [4.78, 5) is 2.50. The van der Waals surface area contributed by atoms with E-state index in [9.17, 15) is 0 Å². The molecule has 1 nitrogen and oxygen atoms in total. The van der Waals surface area contributed by atoms with Crippen molar-refractivity contribution in [2.75, 3.05) is 4.90 Å². The molecule has 3 aliphatic rings. The molecule has 15 rings (SSSR count). The van der Waals surface area contributed by atoms with Crippen LogP contribution < -0.4 is 4.90 Å². The third-order valence-corrected chi connectivity index (χ3v) is 16.4. The number of fused-ring (bicyclic) bond motifs is 14. The van der Waals surface area contributed by atoms with E-state index in [1.165, 1.54) is 111 Å². The molecule has 3 aliphatic carbocycles. The SMILES string of the molecule is c1ccc(C2(c3ccccc3)c3ccccc3-c3ccc(N(c4ccc(-c5ccc(-c6cccc7ccccc67)cc5)cc4)c4ccc5c(c4)C4(c6ccccc6-c6ccccc64)c4ccccc4-5)cc32)cc1. The second kappa shape index (κ2) is 16.1. The fraction of sp³-hybridized carbons (Fsp3) is 0.0278. The van der Waals surface area contributed by atoms with Gasteiger partial charge in [0.2, 0.25) is 0 Å². The number of rotatable bonds is 7. The van der Waals surface area contributed by atoms with Crippen molar-refractivity contribution in [2.45, 2.75) is 10.8 Å². The molecule has 0 saturated carbocycles. The van der Waals surface area contributed by atoms with E-state index in [-0.39, 0.29) is 0 Å². The van der Waals surface area contributed by atoms with Crippen LogP contribution in [0.1, 0.15) is 44.5 Å². The molecular weight excluding hydrogens is 879 g/mol. The number of benzene rings is 12. The lowest BCUT2D eigenvalue weighted by Crippen LogP contribution is -2.28. The summed E-state index contributed by atoms with van der Waals surface area (Å²) in [6, 6.07) is 107. The van der Waals surface area contributed by atoms with E-state index in [0.717, 1.165) is 17.1 Å². The molecule has 340 valence electrons. The van der Waals surface area contributed by atoms with Crippen molar-refractivity contribution < 1.29 is 0 Å². The molecule has 12 aromatic carbocycles. The first-order valence-corrected chi connectivity index (χ1v) is 25.5. The Kier molecular flexibility index (Phi) is 9.16. The monoisotopic (exact) mass is 925 g/mol. The first kappa shape index (κ1) is 41.5. The fourth-order valence-corrected chi connectivity index (χ4v) is 13.4. The van der Waals surface area contributed by atoms with E-state index in [0.29, 0.717) is 0 Å². The fourth-order valence-electron chi connectivity index (χ4n) is 13.4. The van der Waals surface area contributed by atoms with Crippen LogP contribution in [0.4, 0.5) is 17.1 Å². The second-order valence-corrected chi connectivity index (χ2v) is 19.9. The highest BCUT2D eigenvalue weighted by molar-refractivity contribution is 5.99. The first-order valence-electron chi connectivity index (χ1n) is 25.5. The van der Waals surface area contributed by atoms with E-state index in [2.05, 4.69) is 290 Å². The van der Waals surface area contributed by atoms with Gasteiger partial charge in [-0.1, -0.05) is 249 Å². The van der Waals surface area contributed by atoms with Crippen molar-refractivity contribution in [3.63, 3.8) is 0 Å². The van der Waals surface area contributed by atoms with Crippen LogP contribution >= 0.6 is 0 Å². The summed E-state index contributed by atoms with van der Waals surface area (Å²) in [7, 11) is 0. The molecule has 0 atom stereocenters. The van der Waals surface area contributed by atoms with Gasteiger partial charge in [0, 0.05) is 17.1 Å². The van der Waals surface area contributed by atoms with Crippen LogP contribution in [0.5, 0.6) is 0 Å². The van der Waals surface area contributed by atoms with Crippen molar-refractivity contribution in [2.24, 2.45) is 0 Å². The average molecular weight is 926 g/mol. The van der Waals surface area contributed by atoms with Gasteiger partial charge in [-0.15, -0.1) is 0 Å². The van der Waals surface area contributed by atoms with Gasteiger partial charge in [-0.05, 0) is 147 Å². The Morgan fingerprint density at radius 3 is 1.10 bits per heavy atom. The molecule has 0 N–H and O–H groups in total. The van der Waals surface area contributed by atoms with Gasteiger partial charge < -0.3 is 4.90 Å². The van der Waals surface area contributed by atoms with Crippen LogP contribution in [-0.4, -0.2) is 0 Å². The summed E-state index contributed by atoms with van der Waals surface area (Å²) in [6.45, 7) is 0. The van der Waals surface area contributed by atoms with Gasteiger partial charge in [0.1, 0.15) is 0 Å². The molecule has 0 heterocycles. The number of hydrogen-bond acceptors (Lipinski definition) is 1. The molecule has 0 fully saturated rings. The van der Waals surface area contributed by atoms with Crippen molar-refractivity contribution in [1.82, 2.24) is 0 Å². The zero-order valence-corrected chi connectivity index (χ0v) is 40.1. The third kappa shape index (κ3) is 5.91. The van der Waals surface area contributed by atoms with Gasteiger partial charge in [0.05, 0.1) is 10.8 Å². The van der Waals surface area contributed by atoms with Crippen LogP contribution in [0.2, 0.25) is 0 Å². The summed E-state index contributed by atoms with van der Waals surface area (Å²) < 4.78 is 0. The van der Waals surface area contributed by atoms with Crippen LogP contribution in [-0.2, 0) is 10.8 Å². The summed E-state index contributed by atoms with van der Waals surface area (Å²) in [5.74, 6) is 0. The molecule has 0 amide bonds. The summed E-state index contributed by atoms with van der Waals surface area (Å²) in [5.41, 5.74) is 25.3. The maximum atomic E-state index is 2.51. The molecule has 1 heteroatoms. The van der Waals surface area contributed by atoms with Crippen LogP contribution in [0.15, 0.2) is 285 Å². The minimum atomic E-state index is -0.543. The predicted molar refractivity (Wildman–Crippen MR) is 303 cm³/mol. The molecule has 0 radical (unpaired) electrons. The van der Waals surface area contributed by atoms with Crippen molar-refractivity contribution >= 4 is 27.8 Å². The Hall–Kier alpha value is -9.30. The first-order chi connectivity index (χ1) is 36.2. The summed E-state index contributed by atoms with van der Waals surface area (Å²) in [5, 5.41) is 2.52. The lowest BCUT2D eigenvalue weighted by Gasteiger charge is -2.35. The van der Waals surface area contributed by atoms with E-state index < -0.39 is 10.8 Å². The maximum Gasteiger partial charge on any atom is 0.0726 e. The second-order valence-electron chi connectivity index (χ2n) is 19.9. The Morgan fingerprint density at radius 1 is 0.219 bits per heavy atom. The highest BCUT2D eigenvalue weighted by Gasteiger charge is 2.52. The lowest BCUT2D eigenvalue weighted by atomic mass is 9.67. The van der Waals surface area contributed by atoms with Crippen LogP contribution in [0.25, 0.3) is 66.4 Å². The highest BCUT2D eigenvalue weighted by atomic mass is 15.1. The Bertz CT molecular complexity index is 3920. The predicted octanol–water partition coefficient (Wildman–Crippen LogP) is 18.4. The Balaban J connectivity index is 0.936. The van der Waals surface area contributed by atoms with Gasteiger partial charge in [0.15, 0.2) is 0 Å². The van der Waals surface area contributed by atoms with Crippen molar-refractivity contribution in [3.8, 4) is 55.6 Å². The number of nitrogens with zero attached hydrogens (tertiary/aromatic N) is 1. The highest BCUT2D eigenvalue weighted by Crippen LogP contribution is 2.64. The molecule has 0 aliphatic heterocycles. The van der Waals surface area contributed by atoms with Gasteiger partial charge >= 0.3 is 0 Å². The smallest absolute Gasteiger partial charge is 0.0726 e. The Morgan fingerprint density at radius 2 is 0.575 bits per heavy atom. The lowest BCUT2D eigenvalue weighted by molar-refractivity contribution is 0.768. The minimum absolute atomic E-state index is 0.474. The van der Waals surface area contributed by atoms with Gasteiger partial charge in [-0.25, -0.2) is 0 Å². The number of hydrogen-bond donors (Lipinski definition) is 0. The normalized spacial score (nSPS) is 13.7. The minimum Gasteiger partial charge on any atom is -0.310 e. The molecule has 0 aromatic heterocycles. The number of anilines is 3. The molecule has 12 aromatic rings. The topological polar surface area (TPSA) is 3.24 Å². The van der Waals surface area contributed by atoms with Crippen LogP contribution in [0.3, 0.4) is 0 Å². The zero-order chi connectivity index (χ0) is 48.1. The molecular formula is C72H47N. The largest absolute Gasteiger partial charge is 0.310 e. The van der Waals surface area contributed by atoms with E-state index >= 15 is 0 Å². The van der Waals surface area contributed by atoms with E-state index in [1.54, 1.807) is 0 Å². The molecule has 0 saturated heterocycles. The van der Waals surface area contributed by atoms with E-state index in [4.69, 9.17) is 0 Å². The van der Waals surface area contributed by atoms with Crippen molar-refractivity contribution in [1.29, 1.82) is 0 Å². The van der Waals surface area contributed by atoms with Crippen molar-refractivity contribution in [3.05, 3.63) is 330 Å². The molecule has 73 heavy (non-hydrogen) atoms. The molecule has 0 bridgehead atoms. The molecule has 0 unspecified atom stereocenters. The Labute approximate surface area is 426 Å². The summed E-state index contributed by atoms with van der Waals surface area (Å²) >= 11 is 0. The van der Waals surface area contributed by atoms with Gasteiger partial charge in [0.25, 0.3) is 0 Å². The third-order valence-electron chi connectivity index (χ3n) is 16.4. The average Bonchev–Trinajstić information content (AvgIpc) is 4.06. The van der Waals surface area contributed by atoms with Crippen LogP contribution in [0, 0.1) is 0 Å². The van der Waals surface area contributed by atoms with E-state index in [1.807, 2.05) is 0 Å². The van der Waals surface area contributed by atoms with Gasteiger partial charge in [-0.3, -0.25) is 0 Å². The van der Waals surface area contributed by atoms with Gasteiger partial charge in [-0.2, -0.15) is 0 Å². The zero-order valence-electron chi connectivity index (χ0n) is 40.1. The molecule has 1 spiro atoms.